The number of aromatic amines is 1. The van der Waals surface area contributed by atoms with Crippen molar-refractivity contribution in [1.82, 2.24) is 9.97 Å². The number of nitrogens with zero attached hydrogens (tertiary/aromatic N) is 1. The lowest BCUT2D eigenvalue weighted by molar-refractivity contribution is 1.31. The molecule has 0 aliphatic rings. The third-order valence-corrected chi connectivity index (χ3v) is 2.75. The van der Waals surface area contributed by atoms with Gasteiger partial charge < -0.3 is 4.98 Å². The molecule has 0 fully saturated rings. The molecule has 0 bridgehead atoms. The Bertz CT molecular complexity index is 543. The number of hydrogen-bond donors (Lipinski definition) is 1. The average molecular weight is 223 g/mol. The fourth-order valence-electron chi connectivity index (χ4n) is 1.93. The van der Waals surface area contributed by atoms with E-state index < -0.39 is 0 Å². The third-order valence-electron chi connectivity index (χ3n) is 2.75. The molecular weight excluding hydrogens is 211 g/mol. The minimum absolute atomic E-state index is 0.997. The highest BCUT2D eigenvalue weighted by Crippen LogP contribution is 2.28. The molecule has 0 amide bonds. The second-order valence-electron chi connectivity index (χ2n) is 3.86. The smallest absolute Gasteiger partial charge is 0.0960 e. The fourth-order valence-corrected chi connectivity index (χ4v) is 1.93. The Balaban J connectivity index is 2.13. The molecule has 2 heteroatoms. The van der Waals surface area contributed by atoms with E-state index >= 15 is 0 Å². The van der Waals surface area contributed by atoms with E-state index in [0.29, 0.717) is 0 Å². The van der Waals surface area contributed by atoms with E-state index in [9.17, 15) is 0 Å². The van der Waals surface area contributed by atoms with Gasteiger partial charge in [-0.3, -0.25) is 0 Å². The van der Waals surface area contributed by atoms with E-state index in [0.717, 1.165) is 22.5 Å². The van der Waals surface area contributed by atoms with Crippen molar-refractivity contribution in [3.8, 4) is 22.5 Å². The van der Waals surface area contributed by atoms with Crippen molar-refractivity contribution in [2.45, 2.75) is 0 Å². The van der Waals surface area contributed by atoms with Crippen LogP contribution in [0.5, 0.6) is 0 Å². The number of hydrogen-bond acceptors (Lipinski definition) is 1. The molecule has 0 aliphatic heterocycles. The van der Waals surface area contributed by atoms with Gasteiger partial charge in [-0.25, -0.2) is 4.98 Å². The Morgan fingerprint density at radius 3 is 1.94 bits per heavy atom. The van der Waals surface area contributed by atoms with Crippen molar-refractivity contribution < 1.29 is 0 Å². The van der Waals surface area contributed by atoms with Gasteiger partial charge in [0.1, 0.15) is 0 Å². The van der Waals surface area contributed by atoms with Crippen LogP contribution in [-0.2, 0) is 0 Å². The first-order valence-corrected chi connectivity index (χ1v) is 5.59. The minimum Gasteiger partial charge on any atom is -0.344 e. The van der Waals surface area contributed by atoms with E-state index in [1.165, 1.54) is 0 Å². The summed E-state index contributed by atoms with van der Waals surface area (Å²) < 4.78 is 0. The number of benzene rings is 2. The lowest BCUT2D eigenvalue weighted by Gasteiger charge is -2.02. The summed E-state index contributed by atoms with van der Waals surface area (Å²) in [4.78, 5) is 7.62. The molecule has 0 saturated carbocycles. The summed E-state index contributed by atoms with van der Waals surface area (Å²) >= 11 is 0. The number of nitrogens with one attached hydrogen (secondary N) is 1. The highest BCUT2D eigenvalue weighted by atomic mass is 15.7. The van der Waals surface area contributed by atoms with Crippen molar-refractivity contribution in [3.63, 3.8) is 0 Å². The quantitative estimate of drug-likeness (QED) is 0.704. The summed E-state index contributed by atoms with van der Waals surface area (Å²) in [6.45, 7) is 0. The summed E-state index contributed by atoms with van der Waals surface area (Å²) in [6, 6.07) is 20.5. The fraction of sp³-hybridized carbons (Fsp3) is 0. The van der Waals surface area contributed by atoms with Gasteiger partial charge in [-0.1, -0.05) is 60.7 Å². The van der Waals surface area contributed by atoms with Crippen LogP contribution in [0.25, 0.3) is 22.5 Å². The van der Waals surface area contributed by atoms with Gasteiger partial charge in [-0.2, -0.15) is 0 Å². The van der Waals surface area contributed by atoms with Crippen LogP contribution in [0.15, 0.2) is 67.0 Å². The Morgan fingerprint density at radius 2 is 1.29 bits per heavy atom. The Morgan fingerprint density at radius 1 is 0.706 bits per heavy atom. The van der Waals surface area contributed by atoms with E-state index in [-0.39, 0.29) is 0 Å². The predicted molar refractivity (Wildman–Crippen MR) is 69.5 cm³/mol. The van der Waals surface area contributed by atoms with Gasteiger partial charge in [0.15, 0.2) is 0 Å². The van der Waals surface area contributed by atoms with E-state index in [2.05, 4.69) is 34.2 Å². The molecule has 0 atom stereocenters. The molecule has 0 saturated heterocycles. The molecule has 1 heterocycles. The van der Waals surface area contributed by atoms with Crippen LogP contribution in [0.4, 0.5) is 0 Å². The normalized spacial score (nSPS) is 10.4. The molecule has 17 heavy (non-hydrogen) atoms. The maximum Gasteiger partial charge on any atom is 0.0960 e. The molecule has 0 spiro atoms. The minimum atomic E-state index is 0.997. The van der Waals surface area contributed by atoms with Gasteiger partial charge in [0.2, 0.25) is 0 Å². The van der Waals surface area contributed by atoms with Gasteiger partial charge in [0, 0.05) is 11.1 Å². The summed E-state index contributed by atoms with van der Waals surface area (Å²) in [5.41, 5.74) is 4.35. The third kappa shape index (κ3) is 1.85. The zero-order valence-corrected chi connectivity index (χ0v) is 9.30. The van der Waals surface area contributed by atoms with Crippen LogP contribution < -0.4 is 0 Å². The highest BCUT2D eigenvalue weighted by Gasteiger charge is 2.08. The standard InChI is InChI=1S/C15H12N2/c1-3-7-12(8-4-1)14-15(17-11-16-14)13-9-5-2-6-10-13/h1-11H,(H,16,17)/i11+1,16+1,17+1. The largest absolute Gasteiger partial charge is 0.344 e. The van der Waals surface area contributed by atoms with Crippen LogP contribution in [0.1, 0.15) is 0 Å². The molecule has 1 aromatic heterocycles. The summed E-state index contributed by atoms with van der Waals surface area (Å²) in [5, 5.41) is 0. The first-order chi connectivity index (χ1) is 8.45. The Hall–Kier alpha value is -2.35. The van der Waals surface area contributed by atoms with E-state index in [1.54, 1.807) is 6.33 Å². The first-order valence-electron chi connectivity index (χ1n) is 5.59. The monoisotopic (exact) mass is 223 g/mol. The van der Waals surface area contributed by atoms with Crippen molar-refractivity contribution in [1.29, 1.82) is 0 Å². The maximum absolute atomic E-state index is 4.41. The van der Waals surface area contributed by atoms with Crippen molar-refractivity contribution >= 4 is 0 Å². The van der Waals surface area contributed by atoms with Crippen molar-refractivity contribution in [2.75, 3.05) is 0 Å². The van der Waals surface area contributed by atoms with Crippen LogP contribution in [0.2, 0.25) is 0 Å². The lowest BCUT2D eigenvalue weighted by atomic mass is 10.1. The molecule has 3 rings (SSSR count). The van der Waals surface area contributed by atoms with Gasteiger partial charge in [-0.15, -0.1) is 0 Å². The van der Waals surface area contributed by atoms with Crippen LogP contribution in [0, 0.1) is 0 Å². The molecule has 0 aliphatic carbocycles. The molecule has 2 aromatic carbocycles. The molecule has 0 radical (unpaired) electrons. The number of aromatic nitrogens is 2. The zero-order chi connectivity index (χ0) is 11.5. The SMILES string of the molecule is c1ccc(-c2[15n][13cH][15nH]c2-c2ccccc2)cc1. The number of imidazole rings is 1. The summed E-state index contributed by atoms with van der Waals surface area (Å²) in [7, 11) is 0. The van der Waals surface area contributed by atoms with Gasteiger partial charge in [0.25, 0.3) is 0 Å². The number of rotatable bonds is 2. The zero-order valence-electron chi connectivity index (χ0n) is 9.30. The summed E-state index contributed by atoms with van der Waals surface area (Å²) in [6.07, 6.45) is 1.74. The van der Waals surface area contributed by atoms with Crippen LogP contribution in [-0.4, -0.2) is 9.97 Å². The Kier molecular flexibility index (Phi) is 2.47. The topological polar surface area (TPSA) is 28.7 Å². The lowest BCUT2D eigenvalue weighted by Crippen LogP contribution is -1.82. The van der Waals surface area contributed by atoms with Crippen molar-refractivity contribution in [3.05, 3.63) is 67.0 Å². The molecular formula is C15H12N2. The predicted octanol–water partition coefficient (Wildman–Crippen LogP) is 3.74. The van der Waals surface area contributed by atoms with Crippen LogP contribution >= 0.6 is 0 Å². The highest BCUT2D eigenvalue weighted by molar-refractivity contribution is 5.77. The van der Waals surface area contributed by atoms with Gasteiger partial charge in [0.05, 0.1) is 17.7 Å². The first kappa shape index (κ1) is 9.85. The van der Waals surface area contributed by atoms with E-state index in [4.69, 9.17) is 0 Å². The summed E-state index contributed by atoms with van der Waals surface area (Å²) in [5.74, 6) is 0. The van der Waals surface area contributed by atoms with Crippen LogP contribution in [0.3, 0.4) is 0 Å². The maximum atomic E-state index is 4.41. The Labute approximate surface area is 100.0 Å². The molecule has 82 valence electrons. The molecule has 1 N–H and O–H groups in total. The second kappa shape index (κ2) is 4.26. The molecule has 0 unspecified atom stereocenters. The molecule has 2 nitrogen and oxygen atoms in total. The average Bonchev–Trinajstić information content (AvgIpc) is 2.90. The second-order valence-corrected chi connectivity index (χ2v) is 3.86. The van der Waals surface area contributed by atoms with E-state index in [1.807, 2.05) is 36.4 Å². The number of H-pyrrole nitrogens is 1. The van der Waals surface area contributed by atoms with Gasteiger partial charge >= 0.3 is 0 Å². The van der Waals surface area contributed by atoms with Crippen molar-refractivity contribution in [2.24, 2.45) is 0 Å². The van der Waals surface area contributed by atoms with Gasteiger partial charge in [-0.05, 0) is 0 Å². The molecule has 3 aromatic rings.